The number of thioether (sulfide) groups is 1. The lowest BCUT2D eigenvalue weighted by atomic mass is 10.1. The molecular weight excluding hydrogens is 478 g/mol. The van der Waals surface area contributed by atoms with Crippen LogP contribution in [0.2, 0.25) is 0 Å². The standard InChI is InChI=1S/C23H27N3O6S2/c1-16-15-33-21-8-7-19(34(29,30)25-9-11-32-12-10-25)13-20(21)26(23(16)28)14-22(27)24-17-3-5-18(31-2)6-4-17/h3-8,13,16H,9-12,14-15H2,1-2H3,(H,24,27). The Morgan fingerprint density at radius 1 is 1.18 bits per heavy atom. The number of ether oxygens (including phenoxy) is 2. The Morgan fingerprint density at radius 3 is 2.56 bits per heavy atom. The Morgan fingerprint density at radius 2 is 1.88 bits per heavy atom. The zero-order chi connectivity index (χ0) is 24.3. The van der Waals surface area contributed by atoms with Crippen LogP contribution in [0, 0.1) is 5.92 Å². The Kier molecular flexibility index (Phi) is 7.46. The van der Waals surface area contributed by atoms with Crippen LogP contribution in [-0.4, -0.2) is 70.2 Å². The van der Waals surface area contributed by atoms with E-state index in [0.29, 0.717) is 36.1 Å². The average Bonchev–Trinajstić information content (AvgIpc) is 2.96. The average molecular weight is 506 g/mol. The Balaban J connectivity index is 1.62. The molecule has 1 atom stereocenters. The lowest BCUT2D eigenvalue weighted by Crippen LogP contribution is -2.42. The molecule has 0 aromatic heterocycles. The number of hydrogen-bond acceptors (Lipinski definition) is 7. The van der Waals surface area contributed by atoms with Crippen molar-refractivity contribution in [2.45, 2.75) is 16.7 Å². The second kappa shape index (κ2) is 10.3. The summed E-state index contributed by atoms with van der Waals surface area (Å²) in [5.74, 6) is 0.264. The van der Waals surface area contributed by atoms with Gasteiger partial charge in [0.2, 0.25) is 21.8 Å². The van der Waals surface area contributed by atoms with Crippen LogP contribution in [0.25, 0.3) is 0 Å². The van der Waals surface area contributed by atoms with Gasteiger partial charge in [-0.25, -0.2) is 8.42 Å². The number of anilines is 2. The predicted molar refractivity (Wildman–Crippen MR) is 130 cm³/mol. The zero-order valence-electron chi connectivity index (χ0n) is 19.0. The van der Waals surface area contributed by atoms with Gasteiger partial charge in [0.1, 0.15) is 12.3 Å². The smallest absolute Gasteiger partial charge is 0.244 e. The monoisotopic (exact) mass is 505 g/mol. The van der Waals surface area contributed by atoms with Crippen molar-refractivity contribution >= 4 is 45.0 Å². The third-order valence-electron chi connectivity index (χ3n) is 5.68. The lowest BCUT2D eigenvalue weighted by molar-refractivity contribution is -0.123. The summed E-state index contributed by atoms with van der Waals surface area (Å²) in [5, 5.41) is 2.79. The van der Waals surface area contributed by atoms with Crippen LogP contribution in [0.3, 0.4) is 0 Å². The highest BCUT2D eigenvalue weighted by Crippen LogP contribution is 2.38. The number of sulfonamides is 1. The van der Waals surface area contributed by atoms with Gasteiger partial charge < -0.3 is 19.7 Å². The van der Waals surface area contributed by atoms with Crippen LogP contribution in [0.5, 0.6) is 5.75 Å². The van der Waals surface area contributed by atoms with Gasteiger partial charge in [-0.05, 0) is 42.5 Å². The number of nitrogens with zero attached hydrogens (tertiary/aromatic N) is 2. The van der Waals surface area contributed by atoms with Crippen LogP contribution >= 0.6 is 11.8 Å². The van der Waals surface area contributed by atoms with E-state index in [2.05, 4.69) is 5.32 Å². The lowest BCUT2D eigenvalue weighted by Gasteiger charge is -2.27. The van der Waals surface area contributed by atoms with Gasteiger partial charge in [0.05, 0.1) is 30.9 Å². The van der Waals surface area contributed by atoms with Crippen molar-refractivity contribution < 1.29 is 27.5 Å². The van der Waals surface area contributed by atoms with Gasteiger partial charge in [0.25, 0.3) is 0 Å². The first-order valence-corrected chi connectivity index (χ1v) is 13.3. The number of benzene rings is 2. The molecular formula is C23H27N3O6S2. The molecule has 1 unspecified atom stereocenters. The number of nitrogens with one attached hydrogen (secondary N) is 1. The fourth-order valence-corrected chi connectivity index (χ4v) is 6.26. The van der Waals surface area contributed by atoms with E-state index in [1.54, 1.807) is 50.4 Å². The maximum absolute atomic E-state index is 13.2. The molecule has 11 heteroatoms. The van der Waals surface area contributed by atoms with Gasteiger partial charge in [-0.1, -0.05) is 6.92 Å². The van der Waals surface area contributed by atoms with Gasteiger partial charge in [0, 0.05) is 35.3 Å². The van der Waals surface area contributed by atoms with Crippen molar-refractivity contribution in [2.75, 3.05) is 55.9 Å². The Bertz CT molecular complexity index is 1160. The molecule has 4 rings (SSSR count). The summed E-state index contributed by atoms with van der Waals surface area (Å²) in [7, 11) is -2.19. The first-order chi connectivity index (χ1) is 16.3. The highest BCUT2D eigenvalue weighted by molar-refractivity contribution is 7.99. The van der Waals surface area contributed by atoms with E-state index >= 15 is 0 Å². The molecule has 1 saturated heterocycles. The summed E-state index contributed by atoms with van der Waals surface area (Å²) in [4.78, 5) is 28.3. The van der Waals surface area contributed by atoms with Crippen LogP contribution in [-0.2, 0) is 24.3 Å². The highest BCUT2D eigenvalue weighted by Gasteiger charge is 2.32. The second-order valence-electron chi connectivity index (χ2n) is 8.06. The third-order valence-corrected chi connectivity index (χ3v) is 8.90. The molecule has 2 aromatic rings. The maximum atomic E-state index is 13.2. The first-order valence-electron chi connectivity index (χ1n) is 10.9. The largest absolute Gasteiger partial charge is 0.497 e. The minimum Gasteiger partial charge on any atom is -0.497 e. The molecule has 34 heavy (non-hydrogen) atoms. The summed E-state index contributed by atoms with van der Waals surface area (Å²) in [6.07, 6.45) is 0. The molecule has 2 aromatic carbocycles. The molecule has 182 valence electrons. The molecule has 0 spiro atoms. The summed E-state index contributed by atoms with van der Waals surface area (Å²) in [6, 6.07) is 11.7. The first kappa shape index (κ1) is 24.5. The topological polar surface area (TPSA) is 105 Å². The van der Waals surface area contributed by atoms with Crippen LogP contribution in [0.4, 0.5) is 11.4 Å². The predicted octanol–water partition coefficient (Wildman–Crippen LogP) is 2.43. The molecule has 2 amide bonds. The summed E-state index contributed by atoms with van der Waals surface area (Å²) < 4.78 is 38.2. The summed E-state index contributed by atoms with van der Waals surface area (Å²) in [5.41, 5.74) is 0.998. The van der Waals surface area contributed by atoms with E-state index in [1.165, 1.54) is 27.0 Å². The van der Waals surface area contributed by atoms with E-state index in [9.17, 15) is 18.0 Å². The minimum absolute atomic E-state index is 0.0941. The van der Waals surface area contributed by atoms with Crippen molar-refractivity contribution in [1.82, 2.24) is 4.31 Å². The highest BCUT2D eigenvalue weighted by atomic mass is 32.2. The number of morpholine rings is 1. The number of carbonyl (C=O) groups is 2. The molecule has 0 aliphatic carbocycles. The van der Waals surface area contributed by atoms with Crippen molar-refractivity contribution in [2.24, 2.45) is 5.92 Å². The van der Waals surface area contributed by atoms with Crippen molar-refractivity contribution in [3.63, 3.8) is 0 Å². The van der Waals surface area contributed by atoms with Crippen molar-refractivity contribution in [1.29, 1.82) is 0 Å². The summed E-state index contributed by atoms with van der Waals surface area (Å²) in [6.45, 7) is 2.81. The molecule has 9 nitrogen and oxygen atoms in total. The van der Waals surface area contributed by atoms with E-state index in [-0.39, 0.29) is 42.3 Å². The quantitative estimate of drug-likeness (QED) is 0.643. The second-order valence-corrected chi connectivity index (χ2v) is 11.1. The van der Waals surface area contributed by atoms with Crippen LogP contribution in [0.1, 0.15) is 6.92 Å². The van der Waals surface area contributed by atoms with E-state index < -0.39 is 10.0 Å². The van der Waals surface area contributed by atoms with Crippen LogP contribution < -0.4 is 15.0 Å². The fourth-order valence-electron chi connectivity index (χ4n) is 3.78. The molecule has 1 fully saturated rings. The van der Waals surface area contributed by atoms with Crippen molar-refractivity contribution in [3.05, 3.63) is 42.5 Å². The minimum atomic E-state index is -3.75. The van der Waals surface area contributed by atoms with E-state index in [4.69, 9.17) is 9.47 Å². The number of hydrogen-bond donors (Lipinski definition) is 1. The molecule has 1 N–H and O–H groups in total. The molecule has 0 radical (unpaired) electrons. The number of fused-ring (bicyclic) bond motifs is 1. The maximum Gasteiger partial charge on any atom is 0.244 e. The third kappa shape index (κ3) is 5.22. The van der Waals surface area contributed by atoms with Crippen LogP contribution in [0.15, 0.2) is 52.3 Å². The summed E-state index contributed by atoms with van der Waals surface area (Å²) >= 11 is 1.48. The number of methoxy groups -OCH3 is 1. The fraction of sp³-hybridized carbons (Fsp3) is 0.391. The van der Waals surface area contributed by atoms with Gasteiger partial charge in [-0.3, -0.25) is 9.59 Å². The number of rotatable bonds is 6. The zero-order valence-corrected chi connectivity index (χ0v) is 20.7. The van der Waals surface area contributed by atoms with Crippen molar-refractivity contribution in [3.8, 4) is 5.75 Å². The molecule has 0 bridgehead atoms. The molecule has 0 saturated carbocycles. The Hall–Kier alpha value is -2.60. The normalized spacial score (nSPS) is 19.3. The van der Waals surface area contributed by atoms with Gasteiger partial charge in [-0.15, -0.1) is 11.8 Å². The molecule has 2 heterocycles. The van der Waals surface area contributed by atoms with Gasteiger partial charge in [0.15, 0.2) is 0 Å². The van der Waals surface area contributed by atoms with E-state index in [0.717, 1.165) is 4.90 Å². The molecule has 2 aliphatic heterocycles. The number of amides is 2. The van der Waals surface area contributed by atoms with Gasteiger partial charge in [-0.2, -0.15) is 4.31 Å². The molecule has 2 aliphatic rings. The number of carbonyl (C=O) groups excluding carboxylic acids is 2. The Labute approximate surface area is 203 Å². The SMILES string of the molecule is COc1ccc(NC(=O)CN2C(=O)C(C)CSc3ccc(S(=O)(=O)N4CCOCC4)cc32)cc1. The van der Waals surface area contributed by atoms with Gasteiger partial charge >= 0.3 is 0 Å². The van der Waals surface area contributed by atoms with E-state index in [1.807, 2.05) is 0 Å².